The van der Waals surface area contributed by atoms with Crippen LogP contribution in [0.25, 0.3) is 10.2 Å². The summed E-state index contributed by atoms with van der Waals surface area (Å²) < 4.78 is 0.862. The molecular formula is C38H52N8O4S. The van der Waals surface area contributed by atoms with Crippen molar-refractivity contribution in [3.8, 4) is 0 Å². The molecule has 0 aliphatic heterocycles. The minimum Gasteiger partial charge on any atom is -0.370 e. The number of aryl methyl sites for hydroxylation is 2. The third-order valence-corrected chi connectivity index (χ3v) is 8.36. The summed E-state index contributed by atoms with van der Waals surface area (Å²) >= 11 is 1.25. The van der Waals surface area contributed by atoms with Gasteiger partial charge in [0.1, 0.15) is 6.04 Å². The molecule has 0 fully saturated rings. The first-order valence-electron chi connectivity index (χ1n) is 17.0. The molecule has 2 unspecified atom stereocenters. The van der Waals surface area contributed by atoms with Gasteiger partial charge >= 0.3 is 0 Å². The normalized spacial score (nSPS) is 11.5. The van der Waals surface area contributed by atoms with Crippen LogP contribution in [-0.2, 0) is 20.8 Å². The lowest BCUT2D eigenvalue weighted by Crippen LogP contribution is -2.51. The number of Topliss-reactive ketones (excluding diaryl/α,β-unsaturated/α-hetero) is 1. The summed E-state index contributed by atoms with van der Waals surface area (Å²) in [7, 11) is 1.50. The molecule has 4 aromatic rings. The van der Waals surface area contributed by atoms with Crippen LogP contribution in [0.1, 0.15) is 60.5 Å². The highest BCUT2D eigenvalue weighted by Gasteiger charge is 2.26. The van der Waals surface area contributed by atoms with Gasteiger partial charge in [0, 0.05) is 13.0 Å². The fraction of sp³-hybridized carbons (Fsp3) is 0.368. The van der Waals surface area contributed by atoms with Crippen LogP contribution >= 0.6 is 11.3 Å². The fourth-order valence-electron chi connectivity index (χ4n) is 4.84. The number of nitrogens with two attached hydrogens (primary N) is 3. The second kappa shape index (κ2) is 23.3. The molecule has 274 valence electrons. The van der Waals surface area contributed by atoms with Crippen molar-refractivity contribution in [3.05, 3.63) is 101 Å². The lowest BCUT2D eigenvalue weighted by molar-refractivity contribution is -0.130. The minimum absolute atomic E-state index is 0.0566. The van der Waals surface area contributed by atoms with Crippen LogP contribution in [0.4, 0.5) is 0 Å². The third kappa shape index (κ3) is 16.4. The Morgan fingerprint density at radius 1 is 0.824 bits per heavy atom. The Morgan fingerprint density at radius 2 is 1.43 bits per heavy atom. The number of fused-ring (bicyclic) bond motifs is 1. The number of nitrogens with one attached hydrogen (secondary N) is 3. The van der Waals surface area contributed by atoms with Crippen molar-refractivity contribution in [1.82, 2.24) is 20.9 Å². The molecule has 0 saturated carbocycles. The Kier molecular flexibility index (Phi) is 19.2. The molecule has 0 saturated heterocycles. The molecule has 0 aliphatic rings. The van der Waals surface area contributed by atoms with Crippen molar-refractivity contribution >= 4 is 51.0 Å². The summed E-state index contributed by atoms with van der Waals surface area (Å²) in [5, 5.41) is 8.42. The third-order valence-electron chi connectivity index (χ3n) is 7.31. The Hall–Kier alpha value is -5.14. The van der Waals surface area contributed by atoms with Gasteiger partial charge in [-0.1, -0.05) is 92.2 Å². The summed E-state index contributed by atoms with van der Waals surface area (Å²) in [5.74, 6) is -1.50. The second-order valence-corrected chi connectivity index (χ2v) is 13.1. The Bertz CT molecular complexity index is 1640. The average molecular weight is 717 g/mol. The first-order chi connectivity index (χ1) is 24.5. The lowest BCUT2D eigenvalue weighted by Gasteiger charge is -2.21. The van der Waals surface area contributed by atoms with Gasteiger partial charge in [-0.15, -0.1) is 11.3 Å². The topological polar surface area (TPSA) is 208 Å². The van der Waals surface area contributed by atoms with E-state index >= 15 is 0 Å². The van der Waals surface area contributed by atoms with Crippen LogP contribution < -0.4 is 33.2 Å². The number of carbonyl (C=O) groups is 4. The lowest BCUT2D eigenvalue weighted by atomic mass is 10.0. The summed E-state index contributed by atoms with van der Waals surface area (Å²) in [6.45, 7) is 5.91. The summed E-state index contributed by atoms with van der Waals surface area (Å²) in [5.41, 5.74) is 18.3. The maximum absolute atomic E-state index is 13.3. The molecule has 51 heavy (non-hydrogen) atoms. The molecule has 0 radical (unpaired) electrons. The van der Waals surface area contributed by atoms with E-state index in [-0.39, 0.29) is 48.0 Å². The maximum atomic E-state index is 13.3. The van der Waals surface area contributed by atoms with E-state index < -0.39 is 23.9 Å². The van der Waals surface area contributed by atoms with Crippen molar-refractivity contribution in [1.29, 1.82) is 0 Å². The van der Waals surface area contributed by atoms with E-state index in [4.69, 9.17) is 11.5 Å². The number of carbonyl (C=O) groups excluding carboxylic acids is 4. The molecule has 12 nitrogen and oxygen atoms in total. The van der Waals surface area contributed by atoms with Crippen molar-refractivity contribution in [2.24, 2.45) is 28.1 Å². The van der Waals surface area contributed by atoms with Gasteiger partial charge in [-0.3, -0.25) is 24.2 Å². The molecule has 0 bridgehead atoms. The fourth-order valence-corrected chi connectivity index (χ4v) is 5.80. The molecule has 9 N–H and O–H groups in total. The summed E-state index contributed by atoms with van der Waals surface area (Å²) in [6, 6.07) is 25.6. The van der Waals surface area contributed by atoms with Crippen molar-refractivity contribution < 1.29 is 19.2 Å². The standard InChI is InChI=1S/C30H39N7O4S.C7H8.CH5N/c1-19(2)17-23(36-25(38)15-14-20-9-4-3-5-10-20)28(41)34-18-26(39)35-22(12-8-16-33-30(31)32)27(40)29-37-21-11-6-7-13-24(21)42-29;1-7-5-3-2-4-6-7;1-2/h3-7,9-11,13,19,22-23H,8,12,14-18H2,1-2H3,(H,34,41)(H,35,39)(H,36,38)(H4,31,32,33);2-6H,1H3;2H2,1H3. The van der Waals surface area contributed by atoms with Crippen LogP contribution in [-0.4, -0.2) is 66.7 Å². The average Bonchev–Trinajstić information content (AvgIpc) is 3.57. The number of thiazole rings is 1. The van der Waals surface area contributed by atoms with Gasteiger partial charge in [0.25, 0.3) is 0 Å². The molecule has 13 heteroatoms. The number of hydrogen-bond donors (Lipinski definition) is 6. The number of benzene rings is 3. The molecule has 0 aliphatic carbocycles. The van der Waals surface area contributed by atoms with Crippen LogP contribution in [0.5, 0.6) is 0 Å². The molecule has 0 spiro atoms. The van der Waals surface area contributed by atoms with Gasteiger partial charge in [-0.2, -0.15) is 0 Å². The SMILES string of the molecule is CC(C)CC(NC(=O)CCc1ccccc1)C(=O)NCC(=O)NC(CCCN=C(N)N)C(=O)c1nc2ccccc2s1.CN.Cc1ccccc1. The number of para-hydroxylation sites is 1. The Labute approximate surface area is 304 Å². The van der Waals surface area contributed by atoms with Gasteiger partial charge in [0.15, 0.2) is 11.0 Å². The molecular weight excluding hydrogens is 665 g/mol. The van der Waals surface area contributed by atoms with Gasteiger partial charge < -0.3 is 33.2 Å². The number of aliphatic imine (C=N–C) groups is 1. The summed E-state index contributed by atoms with van der Waals surface area (Å²) in [4.78, 5) is 60.2. The van der Waals surface area contributed by atoms with Crippen molar-refractivity contribution in [3.63, 3.8) is 0 Å². The number of aromatic nitrogens is 1. The van der Waals surface area contributed by atoms with E-state index in [0.29, 0.717) is 31.3 Å². The number of guanidine groups is 1. The van der Waals surface area contributed by atoms with Gasteiger partial charge in [-0.25, -0.2) is 4.98 Å². The van der Waals surface area contributed by atoms with E-state index in [0.717, 1.165) is 10.3 Å². The zero-order valence-corrected chi connectivity index (χ0v) is 30.7. The first-order valence-corrected chi connectivity index (χ1v) is 17.8. The van der Waals surface area contributed by atoms with Crippen LogP contribution in [0.15, 0.2) is 89.9 Å². The number of ketones is 1. The molecule has 2 atom stereocenters. The van der Waals surface area contributed by atoms with Gasteiger partial charge in [0.2, 0.25) is 23.5 Å². The second-order valence-electron chi connectivity index (χ2n) is 12.0. The van der Waals surface area contributed by atoms with Gasteiger partial charge in [0.05, 0.1) is 22.8 Å². The molecule has 1 heterocycles. The molecule has 3 amide bonds. The molecule has 3 aromatic carbocycles. The smallest absolute Gasteiger partial charge is 0.243 e. The maximum Gasteiger partial charge on any atom is 0.243 e. The zero-order valence-electron chi connectivity index (χ0n) is 29.9. The Morgan fingerprint density at radius 3 is 2.02 bits per heavy atom. The highest BCUT2D eigenvalue weighted by molar-refractivity contribution is 7.20. The quantitative estimate of drug-likeness (QED) is 0.0433. The van der Waals surface area contributed by atoms with E-state index in [1.165, 1.54) is 23.9 Å². The predicted molar refractivity (Wildman–Crippen MR) is 206 cm³/mol. The Balaban J connectivity index is 0.000000879. The van der Waals surface area contributed by atoms with Crippen LogP contribution in [0.2, 0.25) is 0 Å². The minimum atomic E-state index is -0.881. The number of rotatable bonds is 16. The number of amides is 3. The van der Waals surface area contributed by atoms with Crippen LogP contribution in [0, 0.1) is 12.8 Å². The van der Waals surface area contributed by atoms with Crippen molar-refractivity contribution in [2.75, 3.05) is 20.1 Å². The highest BCUT2D eigenvalue weighted by atomic mass is 32.1. The predicted octanol–water partition coefficient (Wildman–Crippen LogP) is 3.87. The van der Waals surface area contributed by atoms with Crippen LogP contribution in [0.3, 0.4) is 0 Å². The zero-order chi connectivity index (χ0) is 37.6. The number of nitrogens with zero attached hydrogens (tertiary/aromatic N) is 2. The van der Waals surface area contributed by atoms with E-state index in [2.05, 4.69) is 50.7 Å². The summed E-state index contributed by atoms with van der Waals surface area (Å²) in [6.07, 6.45) is 1.92. The van der Waals surface area contributed by atoms with Crippen molar-refractivity contribution in [2.45, 2.75) is 65.0 Å². The van der Waals surface area contributed by atoms with E-state index in [9.17, 15) is 19.2 Å². The first kappa shape index (κ1) is 42.0. The molecule has 4 rings (SSSR count). The highest BCUT2D eigenvalue weighted by Crippen LogP contribution is 2.23. The van der Waals surface area contributed by atoms with Gasteiger partial charge in [-0.05, 0) is 63.3 Å². The molecule has 1 aromatic heterocycles. The van der Waals surface area contributed by atoms with E-state index in [1.807, 2.05) is 86.6 Å². The van der Waals surface area contributed by atoms with E-state index in [1.54, 1.807) is 0 Å². The monoisotopic (exact) mass is 716 g/mol. The number of hydrogen-bond acceptors (Lipinski definition) is 8. The largest absolute Gasteiger partial charge is 0.370 e.